The van der Waals surface area contributed by atoms with Crippen molar-refractivity contribution in [3.8, 4) is 6.07 Å². The minimum atomic E-state index is -4.14. The van der Waals surface area contributed by atoms with Gasteiger partial charge in [-0.2, -0.15) is 18.4 Å². The summed E-state index contributed by atoms with van der Waals surface area (Å²) in [6.07, 6.45) is -2.73. The molecule has 1 atom stereocenters. The third kappa shape index (κ3) is 3.64. The highest BCUT2D eigenvalue weighted by Gasteiger charge is 2.32. The van der Waals surface area contributed by atoms with E-state index in [1.54, 1.807) is 0 Å². The quantitative estimate of drug-likeness (QED) is 0.633. The molecule has 0 N–H and O–H groups in total. The normalized spacial score (nSPS) is 25.5. The van der Waals surface area contributed by atoms with Crippen molar-refractivity contribution in [2.24, 2.45) is 5.92 Å². The second-order valence-corrected chi connectivity index (χ2v) is 3.32. The van der Waals surface area contributed by atoms with Crippen molar-refractivity contribution in [1.29, 1.82) is 5.26 Å². The fourth-order valence-corrected chi connectivity index (χ4v) is 1.56. The maximum absolute atomic E-state index is 11.9. The third-order valence-electron chi connectivity index (χ3n) is 2.09. The number of halogens is 3. The highest BCUT2D eigenvalue weighted by molar-refractivity contribution is 4.88. The Morgan fingerprint density at radius 3 is 2.69 bits per heavy atom. The van der Waals surface area contributed by atoms with Crippen molar-refractivity contribution in [1.82, 2.24) is 4.90 Å². The monoisotopic (exact) mass is 192 g/mol. The molecule has 74 valence electrons. The molecule has 0 aromatic carbocycles. The first-order valence-electron chi connectivity index (χ1n) is 4.20. The Balaban J connectivity index is 2.40. The molecular formula is C8H11F3N2. The van der Waals surface area contributed by atoms with Crippen LogP contribution >= 0.6 is 0 Å². The van der Waals surface area contributed by atoms with Crippen molar-refractivity contribution in [3.63, 3.8) is 0 Å². The lowest BCUT2D eigenvalue weighted by Crippen LogP contribution is -2.40. The molecular weight excluding hydrogens is 181 g/mol. The molecule has 1 aliphatic heterocycles. The van der Waals surface area contributed by atoms with Crippen LogP contribution in [-0.4, -0.2) is 30.7 Å². The fourth-order valence-electron chi connectivity index (χ4n) is 1.56. The van der Waals surface area contributed by atoms with Gasteiger partial charge in [0.2, 0.25) is 0 Å². The number of alkyl halides is 3. The van der Waals surface area contributed by atoms with Gasteiger partial charge in [-0.3, -0.25) is 4.90 Å². The van der Waals surface area contributed by atoms with Gasteiger partial charge in [-0.15, -0.1) is 0 Å². The Morgan fingerprint density at radius 1 is 1.46 bits per heavy atom. The van der Waals surface area contributed by atoms with Gasteiger partial charge in [-0.25, -0.2) is 0 Å². The zero-order valence-corrected chi connectivity index (χ0v) is 7.14. The van der Waals surface area contributed by atoms with E-state index in [2.05, 4.69) is 0 Å². The molecule has 0 radical (unpaired) electrons. The van der Waals surface area contributed by atoms with Crippen LogP contribution in [0, 0.1) is 17.2 Å². The van der Waals surface area contributed by atoms with Gasteiger partial charge in [-0.1, -0.05) is 0 Å². The Labute approximate surface area is 74.9 Å². The van der Waals surface area contributed by atoms with Crippen LogP contribution < -0.4 is 0 Å². The SMILES string of the molecule is N#CC1CCCN(CC(F)(F)F)C1. The smallest absolute Gasteiger partial charge is 0.294 e. The summed E-state index contributed by atoms with van der Waals surface area (Å²) >= 11 is 0. The molecule has 0 aliphatic carbocycles. The van der Waals surface area contributed by atoms with Crippen LogP contribution in [0.3, 0.4) is 0 Å². The molecule has 2 nitrogen and oxygen atoms in total. The summed E-state index contributed by atoms with van der Waals surface area (Å²) in [6, 6.07) is 2.01. The van der Waals surface area contributed by atoms with Gasteiger partial charge in [0.15, 0.2) is 0 Å². The van der Waals surface area contributed by atoms with Gasteiger partial charge in [-0.05, 0) is 19.4 Å². The molecule has 1 unspecified atom stereocenters. The van der Waals surface area contributed by atoms with Crippen molar-refractivity contribution >= 4 is 0 Å². The van der Waals surface area contributed by atoms with Gasteiger partial charge in [0.1, 0.15) is 0 Å². The Bertz CT molecular complexity index is 206. The summed E-state index contributed by atoms with van der Waals surface area (Å²) in [4.78, 5) is 1.30. The van der Waals surface area contributed by atoms with E-state index in [-0.39, 0.29) is 12.5 Å². The summed E-state index contributed by atoms with van der Waals surface area (Å²) in [7, 11) is 0. The van der Waals surface area contributed by atoms with Crippen LogP contribution in [0.15, 0.2) is 0 Å². The lowest BCUT2D eigenvalue weighted by Gasteiger charge is -2.29. The number of rotatable bonds is 1. The number of hydrogen-bond acceptors (Lipinski definition) is 2. The first kappa shape index (κ1) is 10.3. The summed E-state index contributed by atoms with van der Waals surface area (Å²) in [5.74, 6) is -0.226. The van der Waals surface area contributed by atoms with Crippen LogP contribution in [0.25, 0.3) is 0 Å². The minimum Gasteiger partial charge on any atom is -0.294 e. The van der Waals surface area contributed by atoms with Crippen molar-refractivity contribution in [2.45, 2.75) is 19.0 Å². The van der Waals surface area contributed by atoms with Crippen LogP contribution in [0.4, 0.5) is 13.2 Å². The minimum absolute atomic E-state index is 0.226. The molecule has 0 amide bonds. The average Bonchev–Trinajstić information content (AvgIpc) is 2.01. The highest BCUT2D eigenvalue weighted by atomic mass is 19.4. The van der Waals surface area contributed by atoms with E-state index in [9.17, 15) is 13.2 Å². The van der Waals surface area contributed by atoms with Crippen molar-refractivity contribution < 1.29 is 13.2 Å². The van der Waals surface area contributed by atoms with Crippen LogP contribution in [0.1, 0.15) is 12.8 Å². The highest BCUT2D eigenvalue weighted by Crippen LogP contribution is 2.21. The van der Waals surface area contributed by atoms with E-state index in [1.807, 2.05) is 6.07 Å². The third-order valence-corrected chi connectivity index (χ3v) is 2.09. The van der Waals surface area contributed by atoms with E-state index >= 15 is 0 Å². The number of piperidine rings is 1. The van der Waals surface area contributed by atoms with E-state index in [1.165, 1.54) is 4.90 Å². The summed E-state index contributed by atoms with van der Waals surface area (Å²) in [5.41, 5.74) is 0. The summed E-state index contributed by atoms with van der Waals surface area (Å²) < 4.78 is 35.8. The lowest BCUT2D eigenvalue weighted by atomic mass is 10.00. The van der Waals surface area contributed by atoms with Crippen LogP contribution in [0.5, 0.6) is 0 Å². The molecule has 5 heteroatoms. The molecule has 1 fully saturated rings. The maximum atomic E-state index is 11.9. The molecule has 0 saturated carbocycles. The molecule has 1 aliphatic rings. The van der Waals surface area contributed by atoms with Gasteiger partial charge in [0, 0.05) is 6.54 Å². The van der Waals surface area contributed by atoms with Crippen molar-refractivity contribution in [2.75, 3.05) is 19.6 Å². The van der Waals surface area contributed by atoms with E-state index in [0.717, 1.165) is 6.42 Å². The van der Waals surface area contributed by atoms with E-state index in [4.69, 9.17) is 5.26 Å². The molecule has 0 aromatic rings. The zero-order chi connectivity index (χ0) is 9.90. The van der Waals surface area contributed by atoms with E-state index < -0.39 is 12.7 Å². The summed E-state index contributed by atoms with van der Waals surface area (Å²) in [6.45, 7) is -0.168. The molecule has 0 spiro atoms. The second-order valence-electron chi connectivity index (χ2n) is 3.32. The zero-order valence-electron chi connectivity index (χ0n) is 7.14. The topological polar surface area (TPSA) is 27.0 Å². The predicted octanol–water partition coefficient (Wildman–Crippen LogP) is 1.78. The molecule has 13 heavy (non-hydrogen) atoms. The molecule has 1 rings (SSSR count). The second kappa shape index (κ2) is 3.97. The van der Waals surface area contributed by atoms with Crippen LogP contribution in [0.2, 0.25) is 0 Å². The standard InChI is InChI=1S/C8H11F3N2/c9-8(10,11)6-13-3-1-2-7(4-12)5-13/h7H,1-3,5-6H2. The lowest BCUT2D eigenvalue weighted by molar-refractivity contribution is -0.148. The molecule has 0 bridgehead atoms. The first-order chi connectivity index (χ1) is 6.01. The largest absolute Gasteiger partial charge is 0.401 e. The summed E-state index contributed by atoms with van der Waals surface area (Å²) in [5, 5.41) is 8.55. The van der Waals surface area contributed by atoms with Gasteiger partial charge >= 0.3 is 6.18 Å². The Hall–Kier alpha value is -0.760. The molecule has 0 aromatic heterocycles. The maximum Gasteiger partial charge on any atom is 0.401 e. The van der Waals surface area contributed by atoms with Gasteiger partial charge in [0.05, 0.1) is 18.5 Å². The number of likely N-dealkylation sites (tertiary alicyclic amines) is 1. The van der Waals surface area contributed by atoms with Crippen molar-refractivity contribution in [3.05, 3.63) is 0 Å². The fraction of sp³-hybridized carbons (Fsp3) is 0.875. The number of hydrogen-bond donors (Lipinski definition) is 0. The average molecular weight is 192 g/mol. The Morgan fingerprint density at radius 2 is 2.15 bits per heavy atom. The first-order valence-corrected chi connectivity index (χ1v) is 4.20. The van der Waals surface area contributed by atoms with E-state index in [0.29, 0.717) is 13.0 Å². The Kier molecular flexibility index (Phi) is 3.15. The number of nitriles is 1. The molecule has 1 heterocycles. The number of nitrogens with zero attached hydrogens (tertiary/aromatic N) is 2. The molecule has 1 saturated heterocycles. The van der Waals surface area contributed by atoms with Gasteiger partial charge in [0.25, 0.3) is 0 Å². The predicted molar refractivity (Wildman–Crippen MR) is 40.8 cm³/mol. The van der Waals surface area contributed by atoms with Crippen LogP contribution in [-0.2, 0) is 0 Å². The van der Waals surface area contributed by atoms with Gasteiger partial charge < -0.3 is 0 Å².